The Kier molecular flexibility index (Phi) is 4.72. The zero-order valence-corrected chi connectivity index (χ0v) is 25.3. The maximum atomic E-state index is 5.53. The fourth-order valence-corrected chi connectivity index (χ4v) is 8.82. The van der Waals surface area contributed by atoms with Crippen molar-refractivity contribution in [3.63, 3.8) is 0 Å². The van der Waals surface area contributed by atoms with Crippen molar-refractivity contribution in [1.29, 1.82) is 0 Å². The van der Waals surface area contributed by atoms with Gasteiger partial charge in [-0.05, 0) is 68.1 Å². The summed E-state index contributed by atoms with van der Waals surface area (Å²) in [6.45, 7) is 0. The Hall–Kier alpha value is -5.84. The molecule has 0 atom stereocenters. The maximum absolute atomic E-state index is 5.53. The fourth-order valence-electron chi connectivity index (χ4n) is 7.77. The summed E-state index contributed by atoms with van der Waals surface area (Å²) in [5, 5.41) is 8.71. The Bertz CT molecular complexity index is 2820. The van der Waals surface area contributed by atoms with Crippen LogP contribution >= 0.6 is 11.3 Å². The van der Waals surface area contributed by atoms with E-state index in [9.17, 15) is 0 Å². The fraction of sp³-hybridized carbons (Fsp3) is 0. The minimum absolute atomic E-state index is 0.858. The van der Waals surface area contributed by atoms with Crippen molar-refractivity contribution >= 4 is 75.1 Å². The molecule has 1 aliphatic carbocycles. The summed E-state index contributed by atoms with van der Waals surface area (Å²) in [6, 6.07) is 50.4. The third-order valence-corrected chi connectivity index (χ3v) is 10.8. The van der Waals surface area contributed by atoms with Crippen LogP contribution in [0.3, 0.4) is 0 Å². The van der Waals surface area contributed by atoms with Crippen LogP contribution in [0.4, 0.5) is 0 Å². The molecule has 0 saturated heterocycles. The lowest BCUT2D eigenvalue weighted by molar-refractivity contribution is 1.09. The third-order valence-electron chi connectivity index (χ3n) is 9.72. The number of thiophene rings is 1. The summed E-state index contributed by atoms with van der Waals surface area (Å²) in [6.07, 6.45) is 0. The number of aromatic nitrogens is 3. The van der Waals surface area contributed by atoms with Gasteiger partial charge in [0.05, 0.1) is 11.0 Å². The molecule has 0 radical (unpaired) electrons. The van der Waals surface area contributed by atoms with Gasteiger partial charge in [0.15, 0.2) is 5.82 Å². The van der Waals surface area contributed by atoms with Crippen LogP contribution in [0.5, 0.6) is 0 Å². The highest BCUT2D eigenvalue weighted by molar-refractivity contribution is 7.25. The van der Waals surface area contributed by atoms with Crippen molar-refractivity contribution in [3.05, 3.63) is 140 Å². The summed E-state index contributed by atoms with van der Waals surface area (Å²) < 4.78 is 3.57. The van der Waals surface area contributed by atoms with Crippen LogP contribution in [0.1, 0.15) is 0 Å². The number of nitrogens with zero attached hydrogens (tertiary/aromatic N) is 3. The van der Waals surface area contributed by atoms with Crippen LogP contribution in [-0.4, -0.2) is 14.5 Å². The average molecular weight is 602 g/mol. The molecule has 7 aromatic carbocycles. The first-order chi connectivity index (χ1) is 22.8. The van der Waals surface area contributed by atoms with Crippen LogP contribution in [0.25, 0.3) is 103 Å². The van der Waals surface area contributed by atoms with Gasteiger partial charge in [-0.3, -0.25) is 4.57 Å². The minimum atomic E-state index is 0.858. The highest BCUT2D eigenvalue weighted by Gasteiger charge is 2.26. The van der Waals surface area contributed by atoms with E-state index in [0.717, 1.165) is 43.8 Å². The van der Waals surface area contributed by atoms with E-state index in [2.05, 4.69) is 144 Å². The number of benzene rings is 7. The Morgan fingerprint density at radius 3 is 1.72 bits per heavy atom. The van der Waals surface area contributed by atoms with E-state index >= 15 is 0 Å². The molecule has 46 heavy (non-hydrogen) atoms. The predicted molar refractivity (Wildman–Crippen MR) is 194 cm³/mol. The molecule has 3 nitrogen and oxygen atoms in total. The van der Waals surface area contributed by atoms with E-state index < -0.39 is 0 Å². The van der Waals surface area contributed by atoms with Gasteiger partial charge in [-0.2, -0.15) is 0 Å². The first kappa shape index (κ1) is 24.5. The van der Waals surface area contributed by atoms with Crippen molar-refractivity contribution < 1.29 is 0 Å². The topological polar surface area (TPSA) is 30.7 Å². The number of hydrogen-bond donors (Lipinski definition) is 0. The van der Waals surface area contributed by atoms with Gasteiger partial charge in [-0.25, -0.2) is 9.97 Å². The molecule has 1 aliphatic rings. The lowest BCUT2D eigenvalue weighted by Crippen LogP contribution is -2.03. The van der Waals surface area contributed by atoms with Gasteiger partial charge in [0.25, 0.3) is 0 Å². The number of fused-ring (bicyclic) bond motifs is 6. The highest BCUT2D eigenvalue weighted by Crippen LogP contribution is 2.50. The molecule has 0 amide bonds. The van der Waals surface area contributed by atoms with Crippen molar-refractivity contribution in [2.24, 2.45) is 0 Å². The largest absolute Gasteiger partial charge is 0.292 e. The molecule has 0 spiro atoms. The summed E-state index contributed by atoms with van der Waals surface area (Å²) in [7, 11) is 0. The molecule has 4 heteroatoms. The van der Waals surface area contributed by atoms with Crippen LogP contribution in [0.15, 0.2) is 140 Å². The molecule has 0 unspecified atom stereocenters. The molecule has 0 bridgehead atoms. The van der Waals surface area contributed by atoms with Crippen molar-refractivity contribution in [1.82, 2.24) is 14.5 Å². The van der Waals surface area contributed by atoms with Crippen LogP contribution < -0.4 is 0 Å². The van der Waals surface area contributed by atoms with Gasteiger partial charge in [0.2, 0.25) is 0 Å². The maximum Gasteiger partial charge on any atom is 0.166 e. The van der Waals surface area contributed by atoms with E-state index in [-0.39, 0.29) is 0 Å². The zero-order valence-electron chi connectivity index (χ0n) is 24.5. The molecule has 0 N–H and O–H groups in total. The molecule has 10 aromatic rings. The van der Waals surface area contributed by atoms with Crippen molar-refractivity contribution in [2.75, 3.05) is 0 Å². The number of hydrogen-bond acceptors (Lipinski definition) is 3. The highest BCUT2D eigenvalue weighted by atomic mass is 32.1. The zero-order chi connectivity index (χ0) is 29.9. The van der Waals surface area contributed by atoms with Gasteiger partial charge in [-0.1, -0.05) is 115 Å². The summed E-state index contributed by atoms with van der Waals surface area (Å²) in [4.78, 5) is 12.0. The minimum Gasteiger partial charge on any atom is -0.292 e. The van der Waals surface area contributed by atoms with E-state index in [1.807, 2.05) is 0 Å². The average Bonchev–Trinajstić information content (AvgIpc) is 3.60. The summed E-state index contributed by atoms with van der Waals surface area (Å²) in [5.74, 6) is 0.858. The van der Waals surface area contributed by atoms with Crippen LogP contribution in [0, 0.1) is 0 Å². The second kappa shape index (κ2) is 8.87. The Morgan fingerprint density at radius 1 is 0.478 bits per heavy atom. The standard InChI is InChI=1S/C42H23N3S/c1-2-10-25(11-3-1)39-41(44-42-40(43-39)32-22-26-12-4-5-13-27(26)23-35(32)46-42)45-33-20-8-18-30-28-16-6-14-24-15-7-17-29(36(24)28)31-19-9-21-34(45)38(31)37(30)33/h1-23H. The molecule has 3 aromatic heterocycles. The summed E-state index contributed by atoms with van der Waals surface area (Å²) >= 11 is 1.72. The Morgan fingerprint density at radius 2 is 1.04 bits per heavy atom. The lowest BCUT2D eigenvalue weighted by Gasteiger charge is -2.15. The lowest BCUT2D eigenvalue weighted by atomic mass is 9.93. The predicted octanol–water partition coefficient (Wildman–Crippen LogP) is 11.6. The van der Waals surface area contributed by atoms with Gasteiger partial charge in [0.1, 0.15) is 16.0 Å². The molecule has 212 valence electrons. The molecule has 3 heterocycles. The van der Waals surface area contributed by atoms with E-state index in [1.54, 1.807) is 11.3 Å². The smallest absolute Gasteiger partial charge is 0.166 e. The van der Waals surface area contributed by atoms with Crippen LogP contribution in [0.2, 0.25) is 0 Å². The van der Waals surface area contributed by atoms with Crippen molar-refractivity contribution in [3.8, 4) is 39.3 Å². The van der Waals surface area contributed by atoms with E-state index in [4.69, 9.17) is 9.97 Å². The third kappa shape index (κ3) is 3.16. The van der Waals surface area contributed by atoms with Gasteiger partial charge in [0, 0.05) is 26.4 Å². The second-order valence-electron chi connectivity index (χ2n) is 12.2. The van der Waals surface area contributed by atoms with Crippen LogP contribution in [-0.2, 0) is 0 Å². The van der Waals surface area contributed by atoms with E-state index in [1.165, 1.54) is 59.3 Å². The molecule has 11 rings (SSSR count). The van der Waals surface area contributed by atoms with Gasteiger partial charge >= 0.3 is 0 Å². The monoisotopic (exact) mass is 601 g/mol. The summed E-state index contributed by atoms with van der Waals surface area (Å²) in [5.41, 5.74) is 10.2. The number of rotatable bonds is 2. The second-order valence-corrected chi connectivity index (χ2v) is 13.2. The van der Waals surface area contributed by atoms with Gasteiger partial charge in [-0.15, -0.1) is 11.3 Å². The normalized spacial score (nSPS) is 12.3. The Labute approximate surface area is 267 Å². The van der Waals surface area contributed by atoms with E-state index in [0.29, 0.717) is 0 Å². The SMILES string of the molecule is c1ccc(-c2nc3c(nc2-n2c4cccc5c4c4c(cccc42)-c2cccc4cccc-5c24)sc2cc4ccccc4cc23)cc1. The molecule has 0 fully saturated rings. The molecular weight excluding hydrogens is 579 g/mol. The first-order valence-electron chi connectivity index (χ1n) is 15.6. The molecular formula is C42H23N3S. The molecule has 0 aliphatic heterocycles. The Balaban J connectivity index is 1.31. The first-order valence-corrected chi connectivity index (χ1v) is 16.4. The molecule has 0 saturated carbocycles. The quantitative estimate of drug-likeness (QED) is 0.197. The van der Waals surface area contributed by atoms with Gasteiger partial charge < -0.3 is 0 Å². The van der Waals surface area contributed by atoms with Crippen molar-refractivity contribution in [2.45, 2.75) is 0 Å².